The standard InChI is InChI=1S/C18H12ClF3N4O/c19-14-9-15(26-17(27)11-2-1-3-13(23)8-11)25-16(24-14)10-4-6-12(7-5-10)18(20,21)22/h1-9H,23H2,(H,24,25,26,27). The van der Waals surface area contributed by atoms with Gasteiger partial charge in [0.25, 0.3) is 5.91 Å². The minimum absolute atomic E-state index is 0.0303. The second kappa shape index (κ2) is 7.24. The average molecular weight is 393 g/mol. The van der Waals surface area contributed by atoms with Gasteiger partial charge >= 0.3 is 6.18 Å². The SMILES string of the molecule is Nc1cccc(C(=O)Nc2cc(Cl)nc(-c3ccc(C(F)(F)F)cc3)n2)c1. The predicted octanol–water partition coefficient (Wildman–Crippen LogP) is 4.65. The third-order valence-electron chi connectivity index (χ3n) is 3.56. The first-order valence-electron chi connectivity index (χ1n) is 7.61. The highest BCUT2D eigenvalue weighted by atomic mass is 35.5. The van der Waals surface area contributed by atoms with Gasteiger partial charge in [-0.05, 0) is 30.3 Å². The Kier molecular flexibility index (Phi) is 5.00. The van der Waals surface area contributed by atoms with Crippen LogP contribution < -0.4 is 11.1 Å². The number of amides is 1. The Labute approximate surface area is 157 Å². The number of halogens is 4. The van der Waals surface area contributed by atoms with Gasteiger partial charge < -0.3 is 11.1 Å². The zero-order valence-corrected chi connectivity index (χ0v) is 14.3. The quantitative estimate of drug-likeness (QED) is 0.502. The van der Waals surface area contributed by atoms with E-state index in [-0.39, 0.29) is 16.8 Å². The van der Waals surface area contributed by atoms with Crippen LogP contribution in [0.1, 0.15) is 15.9 Å². The summed E-state index contributed by atoms with van der Waals surface area (Å²) in [4.78, 5) is 20.4. The normalized spacial score (nSPS) is 11.3. The minimum atomic E-state index is -4.44. The molecule has 0 spiro atoms. The lowest BCUT2D eigenvalue weighted by molar-refractivity contribution is -0.137. The third kappa shape index (κ3) is 4.53. The van der Waals surface area contributed by atoms with Crippen LogP contribution in [-0.4, -0.2) is 15.9 Å². The number of anilines is 2. The molecule has 2 aromatic carbocycles. The number of aromatic nitrogens is 2. The zero-order chi connectivity index (χ0) is 19.6. The van der Waals surface area contributed by atoms with Crippen molar-refractivity contribution in [1.82, 2.24) is 9.97 Å². The van der Waals surface area contributed by atoms with Crippen molar-refractivity contribution >= 4 is 29.0 Å². The molecule has 9 heteroatoms. The number of hydrogen-bond donors (Lipinski definition) is 2. The number of nitrogens with one attached hydrogen (secondary N) is 1. The summed E-state index contributed by atoms with van der Waals surface area (Å²) in [6.45, 7) is 0. The number of hydrogen-bond acceptors (Lipinski definition) is 4. The molecule has 0 radical (unpaired) electrons. The molecule has 0 saturated heterocycles. The molecule has 0 aliphatic heterocycles. The van der Waals surface area contributed by atoms with Crippen molar-refractivity contribution < 1.29 is 18.0 Å². The van der Waals surface area contributed by atoms with Gasteiger partial charge in [-0.1, -0.05) is 29.8 Å². The van der Waals surface area contributed by atoms with Gasteiger partial charge in [0.2, 0.25) is 0 Å². The lowest BCUT2D eigenvalue weighted by atomic mass is 10.1. The van der Waals surface area contributed by atoms with E-state index in [1.165, 1.54) is 24.3 Å². The maximum Gasteiger partial charge on any atom is 0.416 e. The number of nitrogen functional groups attached to an aromatic ring is 1. The Morgan fingerprint density at radius 1 is 1.04 bits per heavy atom. The van der Waals surface area contributed by atoms with E-state index in [0.717, 1.165) is 12.1 Å². The summed E-state index contributed by atoms with van der Waals surface area (Å²) in [5.74, 6) is -0.271. The summed E-state index contributed by atoms with van der Waals surface area (Å²) in [5, 5.41) is 2.59. The van der Waals surface area contributed by atoms with Crippen molar-refractivity contribution in [3.63, 3.8) is 0 Å². The molecule has 3 rings (SSSR count). The molecule has 27 heavy (non-hydrogen) atoms. The van der Waals surface area contributed by atoms with Gasteiger partial charge in [-0.25, -0.2) is 9.97 Å². The van der Waals surface area contributed by atoms with Crippen LogP contribution in [0.3, 0.4) is 0 Å². The van der Waals surface area contributed by atoms with Crippen LogP contribution in [0.25, 0.3) is 11.4 Å². The van der Waals surface area contributed by atoms with E-state index in [2.05, 4.69) is 15.3 Å². The fraction of sp³-hybridized carbons (Fsp3) is 0.0556. The first-order chi connectivity index (χ1) is 12.7. The molecule has 1 aromatic heterocycles. The Hall–Kier alpha value is -3.13. The van der Waals surface area contributed by atoms with E-state index in [1.807, 2.05) is 0 Å². The molecule has 0 aliphatic carbocycles. The summed E-state index contributed by atoms with van der Waals surface area (Å²) < 4.78 is 38.0. The van der Waals surface area contributed by atoms with Crippen molar-refractivity contribution in [3.8, 4) is 11.4 Å². The Bertz CT molecular complexity index is 991. The van der Waals surface area contributed by atoms with Crippen LogP contribution in [0.15, 0.2) is 54.6 Å². The molecule has 1 heterocycles. The molecule has 0 aliphatic rings. The highest BCUT2D eigenvalue weighted by molar-refractivity contribution is 6.29. The molecule has 0 atom stereocenters. The summed E-state index contributed by atoms with van der Waals surface area (Å²) in [5.41, 5.74) is 5.93. The molecule has 138 valence electrons. The molecule has 0 saturated carbocycles. The van der Waals surface area contributed by atoms with Crippen molar-refractivity contribution in [1.29, 1.82) is 0 Å². The molecule has 0 unspecified atom stereocenters. The Balaban J connectivity index is 1.87. The van der Waals surface area contributed by atoms with E-state index in [4.69, 9.17) is 17.3 Å². The number of benzene rings is 2. The van der Waals surface area contributed by atoms with Crippen LogP contribution in [0.2, 0.25) is 5.15 Å². The topological polar surface area (TPSA) is 80.9 Å². The minimum Gasteiger partial charge on any atom is -0.399 e. The number of carbonyl (C=O) groups is 1. The van der Waals surface area contributed by atoms with E-state index < -0.39 is 17.6 Å². The first-order valence-corrected chi connectivity index (χ1v) is 7.99. The molecule has 0 fully saturated rings. The van der Waals surface area contributed by atoms with Gasteiger partial charge in [-0.3, -0.25) is 4.79 Å². The van der Waals surface area contributed by atoms with Gasteiger partial charge in [-0.2, -0.15) is 13.2 Å². The Morgan fingerprint density at radius 2 is 1.74 bits per heavy atom. The van der Waals surface area contributed by atoms with Gasteiger partial charge in [-0.15, -0.1) is 0 Å². The summed E-state index contributed by atoms with van der Waals surface area (Å²) in [7, 11) is 0. The lowest BCUT2D eigenvalue weighted by Crippen LogP contribution is -2.13. The number of rotatable bonds is 3. The zero-order valence-electron chi connectivity index (χ0n) is 13.6. The molecule has 3 N–H and O–H groups in total. The van der Waals surface area contributed by atoms with Gasteiger partial charge in [0, 0.05) is 22.9 Å². The summed E-state index contributed by atoms with van der Waals surface area (Å²) in [6, 6.07) is 12.0. The average Bonchev–Trinajstić information content (AvgIpc) is 2.60. The van der Waals surface area contributed by atoms with Gasteiger partial charge in [0.1, 0.15) is 11.0 Å². The summed E-state index contributed by atoms with van der Waals surface area (Å²) in [6.07, 6.45) is -4.44. The maximum absolute atomic E-state index is 12.7. The molecule has 5 nitrogen and oxygen atoms in total. The van der Waals surface area contributed by atoms with Crippen molar-refractivity contribution in [2.24, 2.45) is 0 Å². The van der Waals surface area contributed by atoms with Crippen molar-refractivity contribution in [2.75, 3.05) is 11.1 Å². The van der Waals surface area contributed by atoms with E-state index in [0.29, 0.717) is 16.8 Å². The molecule has 0 bridgehead atoms. The van der Waals surface area contributed by atoms with Gasteiger partial charge in [0.05, 0.1) is 5.56 Å². The first kappa shape index (κ1) is 18.7. The second-order valence-electron chi connectivity index (χ2n) is 5.55. The predicted molar refractivity (Wildman–Crippen MR) is 96.3 cm³/mol. The molecule has 3 aromatic rings. The van der Waals surface area contributed by atoms with E-state index in [9.17, 15) is 18.0 Å². The number of nitrogens with two attached hydrogens (primary N) is 1. The number of alkyl halides is 3. The van der Waals surface area contributed by atoms with Crippen molar-refractivity contribution in [3.05, 3.63) is 70.9 Å². The molecular formula is C18H12ClF3N4O. The van der Waals surface area contributed by atoms with Crippen LogP contribution in [0, 0.1) is 0 Å². The van der Waals surface area contributed by atoms with Crippen molar-refractivity contribution in [2.45, 2.75) is 6.18 Å². The lowest BCUT2D eigenvalue weighted by Gasteiger charge is -2.09. The molecular weight excluding hydrogens is 381 g/mol. The highest BCUT2D eigenvalue weighted by Gasteiger charge is 2.30. The number of nitrogens with zero attached hydrogens (tertiary/aromatic N) is 2. The number of carbonyl (C=O) groups excluding carboxylic acids is 1. The van der Waals surface area contributed by atoms with E-state index in [1.54, 1.807) is 18.2 Å². The fourth-order valence-electron chi connectivity index (χ4n) is 2.29. The third-order valence-corrected chi connectivity index (χ3v) is 3.75. The van der Waals surface area contributed by atoms with Crippen LogP contribution >= 0.6 is 11.6 Å². The summed E-state index contributed by atoms with van der Waals surface area (Å²) >= 11 is 5.96. The van der Waals surface area contributed by atoms with Crippen LogP contribution in [0.5, 0.6) is 0 Å². The van der Waals surface area contributed by atoms with Gasteiger partial charge in [0.15, 0.2) is 5.82 Å². The molecule has 1 amide bonds. The second-order valence-corrected chi connectivity index (χ2v) is 5.94. The smallest absolute Gasteiger partial charge is 0.399 e. The van der Waals surface area contributed by atoms with Crippen LogP contribution in [0.4, 0.5) is 24.7 Å². The monoisotopic (exact) mass is 392 g/mol. The maximum atomic E-state index is 12.7. The highest BCUT2D eigenvalue weighted by Crippen LogP contribution is 2.30. The largest absolute Gasteiger partial charge is 0.416 e. The van der Waals surface area contributed by atoms with Crippen LogP contribution in [-0.2, 0) is 6.18 Å². The van der Waals surface area contributed by atoms with E-state index >= 15 is 0 Å². The Morgan fingerprint density at radius 3 is 2.37 bits per heavy atom. The fourth-order valence-corrected chi connectivity index (χ4v) is 2.47.